The number of hydrogen-bond acceptors (Lipinski definition) is 4. The molecule has 5 rings (SSSR count). The molecule has 2 aromatic rings. The average molecular weight is 434 g/mol. The third-order valence-corrected chi connectivity index (χ3v) is 7.65. The Balaban J connectivity index is 1.16. The van der Waals surface area contributed by atoms with Crippen molar-refractivity contribution < 1.29 is 9.53 Å². The zero-order valence-corrected chi connectivity index (χ0v) is 19.2. The second-order valence-electron chi connectivity index (χ2n) is 9.70. The maximum atomic E-state index is 13.0. The highest BCUT2D eigenvalue weighted by atomic mass is 16.5. The minimum absolute atomic E-state index is 0.0527. The Morgan fingerprint density at radius 2 is 1.69 bits per heavy atom. The molecule has 3 saturated heterocycles. The molecule has 0 aliphatic carbocycles. The van der Waals surface area contributed by atoms with Crippen LogP contribution in [0.15, 0.2) is 54.6 Å². The number of para-hydroxylation sites is 1. The van der Waals surface area contributed by atoms with Crippen molar-refractivity contribution in [1.29, 1.82) is 0 Å². The molecule has 0 radical (unpaired) electrons. The first kappa shape index (κ1) is 21.5. The van der Waals surface area contributed by atoms with Crippen molar-refractivity contribution in [1.82, 2.24) is 9.80 Å². The van der Waals surface area contributed by atoms with Crippen LogP contribution < -0.4 is 4.90 Å². The Morgan fingerprint density at radius 3 is 2.41 bits per heavy atom. The molecule has 0 aromatic heterocycles. The highest BCUT2D eigenvalue weighted by Crippen LogP contribution is 2.37. The van der Waals surface area contributed by atoms with E-state index in [9.17, 15) is 4.79 Å². The summed E-state index contributed by atoms with van der Waals surface area (Å²) in [4.78, 5) is 20.2. The van der Waals surface area contributed by atoms with Crippen molar-refractivity contribution in [2.75, 3.05) is 50.8 Å². The quantitative estimate of drug-likeness (QED) is 0.734. The number of ether oxygens (including phenoxy) is 1. The van der Waals surface area contributed by atoms with Gasteiger partial charge in [-0.1, -0.05) is 35.9 Å². The minimum Gasteiger partial charge on any atom is -0.375 e. The van der Waals surface area contributed by atoms with Gasteiger partial charge in [0.25, 0.3) is 5.91 Å². The molecule has 5 heteroatoms. The topological polar surface area (TPSA) is 36.0 Å². The van der Waals surface area contributed by atoms with Gasteiger partial charge in [0.05, 0.1) is 5.60 Å². The van der Waals surface area contributed by atoms with Gasteiger partial charge in [-0.25, -0.2) is 0 Å². The van der Waals surface area contributed by atoms with Gasteiger partial charge in [-0.15, -0.1) is 0 Å². The lowest BCUT2D eigenvalue weighted by atomic mass is 9.81. The van der Waals surface area contributed by atoms with Crippen LogP contribution in [0, 0.1) is 6.92 Å². The Labute approximate surface area is 191 Å². The summed E-state index contributed by atoms with van der Waals surface area (Å²) in [5, 5.41) is 0. The number of likely N-dealkylation sites (tertiary alicyclic amines) is 1. The van der Waals surface area contributed by atoms with Gasteiger partial charge in [-0.3, -0.25) is 9.69 Å². The van der Waals surface area contributed by atoms with Crippen LogP contribution in [0.1, 0.15) is 41.6 Å². The molecule has 2 aromatic carbocycles. The average Bonchev–Trinajstić information content (AvgIpc) is 2.85. The smallest absolute Gasteiger partial charge is 0.253 e. The van der Waals surface area contributed by atoms with Gasteiger partial charge in [0.2, 0.25) is 0 Å². The van der Waals surface area contributed by atoms with Crippen molar-refractivity contribution in [3.63, 3.8) is 0 Å². The van der Waals surface area contributed by atoms with Crippen molar-refractivity contribution >= 4 is 11.6 Å². The van der Waals surface area contributed by atoms with E-state index in [0.717, 1.165) is 82.7 Å². The van der Waals surface area contributed by atoms with E-state index in [1.54, 1.807) is 0 Å². The number of hydrogen-bond donors (Lipinski definition) is 0. The van der Waals surface area contributed by atoms with E-state index < -0.39 is 0 Å². The number of benzene rings is 2. The first-order valence-corrected chi connectivity index (χ1v) is 12.2. The zero-order chi connectivity index (χ0) is 22.0. The number of piperazine rings is 1. The molecule has 1 atom stereocenters. The van der Waals surface area contributed by atoms with Gasteiger partial charge in [0.1, 0.15) is 0 Å². The van der Waals surface area contributed by atoms with Gasteiger partial charge < -0.3 is 14.5 Å². The van der Waals surface area contributed by atoms with Gasteiger partial charge in [0.15, 0.2) is 0 Å². The number of anilines is 1. The second-order valence-corrected chi connectivity index (χ2v) is 9.70. The lowest BCUT2D eigenvalue weighted by Gasteiger charge is -2.50. The molecule has 0 unspecified atom stereocenters. The van der Waals surface area contributed by atoms with Crippen LogP contribution >= 0.6 is 0 Å². The second kappa shape index (κ2) is 9.24. The number of rotatable bonds is 3. The van der Waals surface area contributed by atoms with E-state index >= 15 is 0 Å². The van der Waals surface area contributed by atoms with Crippen LogP contribution in [0.3, 0.4) is 0 Å². The number of nitrogens with zero attached hydrogens (tertiary/aromatic N) is 3. The standard InChI is InChI=1S/C27H35N3O2/c1-22-6-5-7-23(20-22)26(31)30-13-11-27(12-14-30)21-25(10-19-32-27)29-17-15-28(16-18-29)24-8-3-2-4-9-24/h2-9,20,25H,10-19,21H2,1H3/t25-/m1/s1. The molecular weight excluding hydrogens is 398 g/mol. The molecule has 3 heterocycles. The maximum Gasteiger partial charge on any atom is 0.253 e. The molecule has 3 aliphatic rings. The van der Waals surface area contributed by atoms with Gasteiger partial charge in [-0.2, -0.15) is 0 Å². The summed E-state index contributed by atoms with van der Waals surface area (Å²) in [6.45, 7) is 8.89. The predicted octanol–water partition coefficient (Wildman–Crippen LogP) is 3.97. The van der Waals surface area contributed by atoms with E-state index in [1.165, 1.54) is 5.69 Å². The Bertz CT molecular complexity index is 916. The molecule has 32 heavy (non-hydrogen) atoms. The van der Waals surface area contributed by atoms with E-state index in [-0.39, 0.29) is 11.5 Å². The van der Waals surface area contributed by atoms with Gasteiger partial charge in [0, 0.05) is 63.2 Å². The van der Waals surface area contributed by atoms with Gasteiger partial charge >= 0.3 is 0 Å². The van der Waals surface area contributed by atoms with Crippen LogP contribution in [-0.2, 0) is 4.74 Å². The highest BCUT2D eigenvalue weighted by Gasteiger charge is 2.43. The fourth-order valence-corrected chi connectivity index (χ4v) is 5.72. The third-order valence-electron chi connectivity index (χ3n) is 7.65. The zero-order valence-electron chi connectivity index (χ0n) is 19.2. The molecule has 1 amide bonds. The van der Waals surface area contributed by atoms with Crippen LogP contribution in [0.5, 0.6) is 0 Å². The fraction of sp³-hybridized carbons (Fsp3) is 0.519. The van der Waals surface area contributed by atoms with Crippen LogP contribution in [0.25, 0.3) is 0 Å². The summed E-state index contributed by atoms with van der Waals surface area (Å²) in [5.74, 6) is 0.160. The maximum absolute atomic E-state index is 13.0. The molecule has 170 valence electrons. The molecule has 5 nitrogen and oxygen atoms in total. The van der Waals surface area contributed by atoms with E-state index in [0.29, 0.717) is 6.04 Å². The molecule has 3 fully saturated rings. The van der Waals surface area contributed by atoms with E-state index in [2.05, 4.69) is 40.1 Å². The summed E-state index contributed by atoms with van der Waals surface area (Å²) in [6, 6.07) is 19.3. The first-order valence-electron chi connectivity index (χ1n) is 12.2. The lowest BCUT2D eigenvalue weighted by Crippen LogP contribution is -2.57. The molecule has 3 aliphatic heterocycles. The van der Waals surface area contributed by atoms with E-state index in [1.807, 2.05) is 36.1 Å². The third kappa shape index (κ3) is 4.55. The molecule has 1 spiro atoms. The highest BCUT2D eigenvalue weighted by molar-refractivity contribution is 5.94. The molecule has 0 bridgehead atoms. The SMILES string of the molecule is Cc1cccc(C(=O)N2CCC3(CC2)C[C@H](N2CCN(c4ccccc4)CC2)CCO3)c1. The monoisotopic (exact) mass is 433 g/mol. The fourth-order valence-electron chi connectivity index (χ4n) is 5.72. The summed E-state index contributed by atoms with van der Waals surface area (Å²) >= 11 is 0. The molecule has 0 N–H and O–H groups in total. The number of aryl methyl sites for hydroxylation is 1. The Kier molecular flexibility index (Phi) is 6.20. The minimum atomic E-state index is -0.0527. The lowest BCUT2D eigenvalue weighted by molar-refractivity contribution is -0.130. The van der Waals surface area contributed by atoms with E-state index in [4.69, 9.17) is 4.74 Å². The number of piperidine rings is 1. The summed E-state index contributed by atoms with van der Waals surface area (Å²) in [6.07, 6.45) is 4.12. The van der Waals surface area contributed by atoms with Crippen LogP contribution in [-0.4, -0.2) is 73.2 Å². The molecular formula is C27H35N3O2. The summed E-state index contributed by atoms with van der Waals surface area (Å²) in [5.41, 5.74) is 3.22. The summed E-state index contributed by atoms with van der Waals surface area (Å²) in [7, 11) is 0. The number of carbonyl (C=O) groups is 1. The Morgan fingerprint density at radius 1 is 0.938 bits per heavy atom. The van der Waals surface area contributed by atoms with Crippen molar-refractivity contribution in [2.24, 2.45) is 0 Å². The normalized spacial score (nSPS) is 24.0. The number of carbonyl (C=O) groups excluding carboxylic acids is 1. The van der Waals surface area contributed by atoms with Crippen molar-refractivity contribution in [3.05, 3.63) is 65.7 Å². The number of amides is 1. The Hall–Kier alpha value is -2.37. The van der Waals surface area contributed by atoms with Crippen LogP contribution in [0.4, 0.5) is 5.69 Å². The predicted molar refractivity (Wildman–Crippen MR) is 128 cm³/mol. The van der Waals surface area contributed by atoms with Crippen LogP contribution in [0.2, 0.25) is 0 Å². The summed E-state index contributed by atoms with van der Waals surface area (Å²) < 4.78 is 6.40. The van der Waals surface area contributed by atoms with Gasteiger partial charge in [-0.05, 0) is 56.9 Å². The molecule has 0 saturated carbocycles. The largest absolute Gasteiger partial charge is 0.375 e. The first-order chi connectivity index (χ1) is 15.6. The van der Waals surface area contributed by atoms with Crippen molar-refractivity contribution in [2.45, 2.75) is 44.2 Å². The van der Waals surface area contributed by atoms with Crippen molar-refractivity contribution in [3.8, 4) is 0 Å².